The Labute approximate surface area is 141 Å². The van der Waals surface area contributed by atoms with Gasteiger partial charge in [0, 0.05) is 45.8 Å². The van der Waals surface area contributed by atoms with Crippen molar-refractivity contribution in [2.45, 2.75) is 19.4 Å². The molecule has 1 aromatic carbocycles. The third-order valence-electron chi connectivity index (χ3n) is 5.07. The Kier molecular flexibility index (Phi) is 6.46. The summed E-state index contributed by atoms with van der Waals surface area (Å²) in [6.07, 6.45) is 2.43. The van der Waals surface area contributed by atoms with E-state index in [1.54, 1.807) is 0 Å². The first-order chi connectivity index (χ1) is 11.3. The van der Waals surface area contributed by atoms with Gasteiger partial charge >= 0.3 is 0 Å². The van der Waals surface area contributed by atoms with Crippen molar-refractivity contribution in [1.29, 1.82) is 0 Å². The Bertz CT molecular complexity index is 448. The minimum atomic E-state index is 0.904. The molecule has 4 nitrogen and oxygen atoms in total. The van der Waals surface area contributed by atoms with E-state index < -0.39 is 0 Å². The van der Waals surface area contributed by atoms with Gasteiger partial charge in [0.15, 0.2) is 0 Å². The maximum atomic E-state index is 5.40. The van der Waals surface area contributed by atoms with E-state index in [0.29, 0.717) is 0 Å². The van der Waals surface area contributed by atoms with Crippen LogP contribution in [-0.4, -0.2) is 80.8 Å². The van der Waals surface area contributed by atoms with Gasteiger partial charge < -0.3 is 9.64 Å². The van der Waals surface area contributed by atoms with Crippen molar-refractivity contribution >= 4 is 0 Å². The molecule has 0 saturated carbocycles. The van der Waals surface area contributed by atoms with Crippen molar-refractivity contribution in [1.82, 2.24) is 14.7 Å². The van der Waals surface area contributed by atoms with Gasteiger partial charge in [0.1, 0.15) is 0 Å². The van der Waals surface area contributed by atoms with Gasteiger partial charge in [-0.25, -0.2) is 0 Å². The number of morpholine rings is 1. The summed E-state index contributed by atoms with van der Waals surface area (Å²) in [7, 11) is 2.21. The molecule has 0 unspecified atom stereocenters. The van der Waals surface area contributed by atoms with E-state index in [9.17, 15) is 0 Å². The first kappa shape index (κ1) is 16.9. The van der Waals surface area contributed by atoms with E-state index in [1.165, 1.54) is 56.7 Å². The zero-order valence-electron chi connectivity index (χ0n) is 14.5. The van der Waals surface area contributed by atoms with Gasteiger partial charge in [-0.3, -0.25) is 9.80 Å². The number of benzene rings is 1. The molecule has 3 rings (SSSR count). The van der Waals surface area contributed by atoms with Gasteiger partial charge in [-0.2, -0.15) is 0 Å². The third kappa shape index (κ3) is 5.57. The molecule has 0 aliphatic carbocycles. The van der Waals surface area contributed by atoms with Crippen LogP contribution in [-0.2, 0) is 17.7 Å². The number of rotatable bonds is 6. The minimum absolute atomic E-state index is 0.904. The number of likely N-dealkylation sites (N-methyl/N-ethyl adjacent to an activating group) is 1. The molecule has 2 aliphatic rings. The van der Waals surface area contributed by atoms with Crippen LogP contribution in [0.2, 0.25) is 0 Å². The zero-order valence-corrected chi connectivity index (χ0v) is 14.5. The van der Waals surface area contributed by atoms with Gasteiger partial charge in [0.25, 0.3) is 0 Å². The average Bonchev–Trinajstić information content (AvgIpc) is 2.59. The second-order valence-electron chi connectivity index (χ2n) is 6.95. The number of nitrogens with zero attached hydrogens (tertiary/aromatic N) is 3. The minimum Gasteiger partial charge on any atom is -0.379 e. The summed E-state index contributed by atoms with van der Waals surface area (Å²) in [6, 6.07) is 9.29. The van der Waals surface area contributed by atoms with E-state index in [1.807, 2.05) is 0 Å². The lowest BCUT2D eigenvalue weighted by Gasteiger charge is -2.32. The van der Waals surface area contributed by atoms with Gasteiger partial charge in [0.05, 0.1) is 13.2 Å². The molecule has 0 atom stereocenters. The molecular weight excluding hydrogens is 286 g/mol. The molecular formula is C19H31N3O. The number of aryl methyl sites for hydroxylation is 1. The highest BCUT2D eigenvalue weighted by atomic mass is 16.5. The first-order valence-electron chi connectivity index (χ1n) is 9.08. The molecule has 1 aromatic rings. The van der Waals surface area contributed by atoms with Gasteiger partial charge in [-0.15, -0.1) is 0 Å². The molecule has 0 amide bonds. The van der Waals surface area contributed by atoms with Gasteiger partial charge in [0.2, 0.25) is 0 Å². The van der Waals surface area contributed by atoms with Crippen molar-refractivity contribution in [2.24, 2.45) is 0 Å². The fourth-order valence-corrected chi connectivity index (χ4v) is 3.41. The van der Waals surface area contributed by atoms with E-state index in [0.717, 1.165) is 32.8 Å². The normalized spacial score (nSPS) is 21.6. The highest BCUT2D eigenvalue weighted by Crippen LogP contribution is 2.11. The van der Waals surface area contributed by atoms with Crippen molar-refractivity contribution in [3.63, 3.8) is 0 Å². The van der Waals surface area contributed by atoms with Crippen LogP contribution in [0.5, 0.6) is 0 Å². The Morgan fingerprint density at radius 2 is 1.48 bits per heavy atom. The van der Waals surface area contributed by atoms with Crippen LogP contribution in [0, 0.1) is 0 Å². The smallest absolute Gasteiger partial charge is 0.0594 e. The first-order valence-corrected chi connectivity index (χ1v) is 9.08. The maximum Gasteiger partial charge on any atom is 0.0594 e. The van der Waals surface area contributed by atoms with Crippen molar-refractivity contribution in [3.05, 3.63) is 35.4 Å². The summed E-state index contributed by atoms with van der Waals surface area (Å²) >= 11 is 0. The highest BCUT2D eigenvalue weighted by Gasteiger charge is 2.13. The van der Waals surface area contributed by atoms with E-state index >= 15 is 0 Å². The van der Waals surface area contributed by atoms with Gasteiger partial charge in [-0.05, 0) is 37.6 Å². The third-order valence-corrected chi connectivity index (χ3v) is 5.07. The van der Waals surface area contributed by atoms with Crippen LogP contribution in [0.4, 0.5) is 0 Å². The lowest BCUT2D eigenvalue weighted by molar-refractivity contribution is 0.0375. The molecule has 2 aliphatic heterocycles. The summed E-state index contributed by atoms with van der Waals surface area (Å²) in [5.74, 6) is 0. The second-order valence-corrected chi connectivity index (χ2v) is 6.95. The van der Waals surface area contributed by atoms with Crippen molar-refractivity contribution in [3.8, 4) is 0 Å². The molecule has 2 saturated heterocycles. The lowest BCUT2D eigenvalue weighted by atomic mass is 10.1. The largest absolute Gasteiger partial charge is 0.379 e. The molecule has 2 fully saturated rings. The molecule has 0 spiro atoms. The molecule has 4 heteroatoms. The van der Waals surface area contributed by atoms with Crippen LogP contribution < -0.4 is 0 Å². The Balaban J connectivity index is 1.38. The monoisotopic (exact) mass is 317 g/mol. The van der Waals surface area contributed by atoms with E-state index in [-0.39, 0.29) is 0 Å². The zero-order chi connectivity index (χ0) is 15.9. The van der Waals surface area contributed by atoms with Crippen molar-refractivity contribution in [2.75, 3.05) is 66.1 Å². The average molecular weight is 317 g/mol. The molecule has 0 N–H and O–H groups in total. The maximum absolute atomic E-state index is 5.40. The standard InChI is InChI=1S/C19H31N3O/c1-20-9-11-22(12-10-20)17-19-6-4-18(5-7-19)3-2-8-21-13-15-23-16-14-21/h4-7H,2-3,8-17H2,1H3. The molecule has 0 aromatic heterocycles. The van der Waals surface area contributed by atoms with Crippen molar-refractivity contribution < 1.29 is 4.74 Å². The van der Waals surface area contributed by atoms with E-state index in [4.69, 9.17) is 4.74 Å². The molecule has 0 bridgehead atoms. The molecule has 0 radical (unpaired) electrons. The quantitative estimate of drug-likeness (QED) is 0.795. The second kappa shape index (κ2) is 8.78. The number of ether oxygens (including phenoxy) is 1. The van der Waals surface area contributed by atoms with Crippen LogP contribution in [0.3, 0.4) is 0 Å². The molecule has 128 valence electrons. The Morgan fingerprint density at radius 1 is 0.826 bits per heavy atom. The fourth-order valence-electron chi connectivity index (χ4n) is 3.41. The Morgan fingerprint density at radius 3 is 2.17 bits per heavy atom. The van der Waals surface area contributed by atoms with Crippen LogP contribution in [0.25, 0.3) is 0 Å². The van der Waals surface area contributed by atoms with Gasteiger partial charge in [-0.1, -0.05) is 24.3 Å². The summed E-state index contributed by atoms with van der Waals surface area (Å²) in [5.41, 5.74) is 2.92. The predicted molar refractivity (Wildman–Crippen MR) is 94.8 cm³/mol. The summed E-state index contributed by atoms with van der Waals surface area (Å²) < 4.78 is 5.40. The predicted octanol–water partition coefficient (Wildman–Crippen LogP) is 1.70. The molecule has 23 heavy (non-hydrogen) atoms. The lowest BCUT2D eigenvalue weighted by Crippen LogP contribution is -2.43. The summed E-state index contributed by atoms with van der Waals surface area (Å²) in [6.45, 7) is 11.1. The summed E-state index contributed by atoms with van der Waals surface area (Å²) in [5, 5.41) is 0. The SMILES string of the molecule is CN1CCN(Cc2ccc(CCCN3CCOCC3)cc2)CC1. The van der Waals surface area contributed by atoms with Crippen LogP contribution in [0.15, 0.2) is 24.3 Å². The summed E-state index contributed by atoms with van der Waals surface area (Å²) in [4.78, 5) is 7.49. The fraction of sp³-hybridized carbons (Fsp3) is 0.684. The number of hydrogen-bond acceptors (Lipinski definition) is 4. The molecule has 2 heterocycles. The highest BCUT2D eigenvalue weighted by molar-refractivity contribution is 5.22. The number of piperazine rings is 1. The van der Waals surface area contributed by atoms with E-state index in [2.05, 4.69) is 46.0 Å². The van der Waals surface area contributed by atoms with Crippen LogP contribution in [0.1, 0.15) is 17.5 Å². The number of hydrogen-bond donors (Lipinski definition) is 0. The van der Waals surface area contributed by atoms with Crippen LogP contribution >= 0.6 is 0 Å². The Hall–Kier alpha value is -0.940. The topological polar surface area (TPSA) is 19.0 Å².